The van der Waals surface area contributed by atoms with E-state index in [2.05, 4.69) is 34.8 Å². The first-order chi connectivity index (χ1) is 12.1. The summed E-state index contributed by atoms with van der Waals surface area (Å²) in [7, 11) is 1.60. The third kappa shape index (κ3) is 2.05. The number of rotatable bonds is 2. The summed E-state index contributed by atoms with van der Waals surface area (Å²) < 4.78 is 1.25. The lowest BCUT2D eigenvalue weighted by Crippen LogP contribution is -2.69. The number of nitrogens with one attached hydrogen (secondary N) is 1. The van der Waals surface area contributed by atoms with Crippen molar-refractivity contribution in [1.82, 2.24) is 29.7 Å². The summed E-state index contributed by atoms with van der Waals surface area (Å²) in [4.78, 5) is 32.4. The van der Waals surface area contributed by atoms with Crippen LogP contribution in [0.5, 0.6) is 0 Å². The zero-order valence-corrected chi connectivity index (χ0v) is 14.2. The topological polar surface area (TPSA) is 95.8 Å². The number of hydrogen-bond donors (Lipinski definition) is 1. The molecule has 6 rings (SSSR count). The van der Waals surface area contributed by atoms with Crippen LogP contribution in [0.25, 0.3) is 11.2 Å². The Morgan fingerprint density at radius 2 is 2.04 bits per heavy atom. The fourth-order valence-electron chi connectivity index (χ4n) is 3.82. The van der Waals surface area contributed by atoms with Gasteiger partial charge in [-0.3, -0.25) is 4.79 Å². The van der Waals surface area contributed by atoms with Crippen LogP contribution in [-0.4, -0.2) is 54.9 Å². The first-order valence-corrected chi connectivity index (χ1v) is 8.40. The molecule has 0 radical (unpaired) electrons. The lowest BCUT2D eigenvalue weighted by atomic mass is 9.87. The Hall–Kier alpha value is -2.68. The number of anilines is 2. The van der Waals surface area contributed by atoms with Crippen molar-refractivity contribution < 1.29 is 0 Å². The number of piperidine rings is 1. The van der Waals surface area contributed by atoms with Crippen molar-refractivity contribution >= 4 is 34.3 Å². The van der Waals surface area contributed by atoms with Gasteiger partial charge in [-0.15, -0.1) is 0 Å². The molecule has 0 spiro atoms. The third-order valence-electron chi connectivity index (χ3n) is 5.04. The SMILES string of the molecule is Cn1ncc(N2CC3CC(C2)N3c2ncnc3nc[nH]c23)c(Cl)c1=O. The van der Waals surface area contributed by atoms with Gasteiger partial charge in [0.2, 0.25) is 0 Å². The van der Waals surface area contributed by atoms with E-state index in [1.54, 1.807) is 25.9 Å². The molecule has 3 aliphatic rings. The van der Waals surface area contributed by atoms with Gasteiger partial charge in [-0.25, -0.2) is 19.6 Å². The molecule has 9 nitrogen and oxygen atoms in total. The van der Waals surface area contributed by atoms with Gasteiger partial charge in [-0.1, -0.05) is 11.6 Å². The van der Waals surface area contributed by atoms with Crippen LogP contribution < -0.4 is 15.4 Å². The maximum Gasteiger partial charge on any atom is 0.287 e. The molecule has 3 aromatic rings. The van der Waals surface area contributed by atoms with Gasteiger partial charge in [0.15, 0.2) is 11.5 Å². The number of hydrogen-bond acceptors (Lipinski definition) is 7. The van der Waals surface area contributed by atoms with Crippen molar-refractivity contribution in [3.63, 3.8) is 0 Å². The molecule has 128 valence electrons. The van der Waals surface area contributed by atoms with E-state index in [0.29, 0.717) is 23.4 Å². The minimum atomic E-state index is -0.273. The zero-order chi connectivity index (χ0) is 17.1. The maximum absolute atomic E-state index is 12.0. The first-order valence-electron chi connectivity index (χ1n) is 8.02. The van der Waals surface area contributed by atoms with Crippen molar-refractivity contribution in [2.45, 2.75) is 18.5 Å². The summed E-state index contributed by atoms with van der Waals surface area (Å²) in [5.74, 6) is 0.886. The molecule has 25 heavy (non-hydrogen) atoms. The van der Waals surface area contributed by atoms with Crippen molar-refractivity contribution in [3.8, 4) is 0 Å². The van der Waals surface area contributed by atoms with Crippen LogP contribution in [0.2, 0.25) is 5.02 Å². The monoisotopic (exact) mass is 358 g/mol. The van der Waals surface area contributed by atoms with Crippen molar-refractivity contribution in [1.29, 1.82) is 0 Å². The number of aromatic amines is 1. The molecule has 3 aliphatic heterocycles. The number of halogens is 1. The van der Waals surface area contributed by atoms with Crippen LogP contribution in [0.3, 0.4) is 0 Å². The Balaban J connectivity index is 1.46. The quantitative estimate of drug-likeness (QED) is 0.715. The smallest absolute Gasteiger partial charge is 0.287 e. The number of aromatic nitrogens is 6. The average molecular weight is 359 g/mol. The number of H-pyrrole nitrogens is 1. The minimum Gasteiger partial charge on any atom is -0.365 e. The van der Waals surface area contributed by atoms with Crippen LogP contribution in [0, 0.1) is 0 Å². The van der Waals surface area contributed by atoms with Gasteiger partial charge < -0.3 is 14.8 Å². The highest BCUT2D eigenvalue weighted by Crippen LogP contribution is 2.40. The van der Waals surface area contributed by atoms with Gasteiger partial charge in [-0.05, 0) is 6.42 Å². The molecule has 1 N–H and O–H groups in total. The summed E-state index contributed by atoms with van der Waals surface area (Å²) in [6.45, 7) is 1.54. The van der Waals surface area contributed by atoms with Crippen LogP contribution in [0.15, 0.2) is 23.6 Å². The number of aryl methyl sites for hydroxylation is 1. The second kappa shape index (κ2) is 5.16. The number of fused-ring (bicyclic) bond motifs is 3. The summed E-state index contributed by atoms with van der Waals surface area (Å²) >= 11 is 6.25. The van der Waals surface area contributed by atoms with Gasteiger partial charge in [0.25, 0.3) is 5.56 Å². The van der Waals surface area contributed by atoms with Crippen molar-refractivity contribution in [2.75, 3.05) is 22.9 Å². The van der Waals surface area contributed by atoms with Crippen molar-refractivity contribution in [3.05, 3.63) is 34.2 Å². The minimum absolute atomic E-state index is 0.225. The fraction of sp³-hybridized carbons (Fsp3) is 0.400. The predicted molar refractivity (Wildman–Crippen MR) is 93.1 cm³/mol. The highest BCUT2D eigenvalue weighted by atomic mass is 35.5. The summed E-state index contributed by atoms with van der Waals surface area (Å²) in [6, 6.07) is 0.612. The van der Waals surface area contributed by atoms with Crippen molar-refractivity contribution in [2.24, 2.45) is 7.05 Å². The van der Waals surface area contributed by atoms with Gasteiger partial charge in [0.1, 0.15) is 16.9 Å². The normalized spacial score (nSPS) is 22.3. The highest BCUT2D eigenvalue weighted by molar-refractivity contribution is 6.33. The molecule has 0 aromatic carbocycles. The zero-order valence-electron chi connectivity index (χ0n) is 13.4. The van der Waals surface area contributed by atoms with E-state index in [9.17, 15) is 4.79 Å². The predicted octanol–water partition coefficient (Wildman–Crippen LogP) is 0.567. The van der Waals surface area contributed by atoms with E-state index in [4.69, 9.17) is 11.6 Å². The van der Waals surface area contributed by atoms with Gasteiger partial charge in [0, 0.05) is 20.1 Å². The average Bonchev–Trinajstić information content (AvgIpc) is 3.09. The summed E-state index contributed by atoms with van der Waals surface area (Å²) in [5.41, 5.74) is 1.96. The Labute approximate surface area is 147 Å². The highest BCUT2D eigenvalue weighted by Gasteiger charge is 2.46. The molecule has 6 heterocycles. The van der Waals surface area contributed by atoms with Crippen LogP contribution >= 0.6 is 11.6 Å². The van der Waals surface area contributed by atoms with E-state index in [1.807, 2.05) is 0 Å². The lowest BCUT2D eigenvalue weighted by molar-refractivity contribution is 0.289. The van der Waals surface area contributed by atoms with Gasteiger partial charge in [-0.2, -0.15) is 5.10 Å². The number of piperazine rings is 1. The molecule has 0 saturated carbocycles. The van der Waals surface area contributed by atoms with E-state index in [0.717, 1.165) is 30.8 Å². The molecule has 3 fully saturated rings. The first kappa shape index (κ1) is 14.6. The lowest BCUT2D eigenvalue weighted by Gasteiger charge is -2.57. The van der Waals surface area contributed by atoms with Crippen LogP contribution in [-0.2, 0) is 7.05 Å². The molecule has 3 saturated heterocycles. The van der Waals surface area contributed by atoms with E-state index < -0.39 is 0 Å². The van der Waals surface area contributed by atoms with E-state index in [1.165, 1.54) is 4.68 Å². The molecule has 3 aromatic heterocycles. The van der Waals surface area contributed by atoms with Crippen LogP contribution in [0.4, 0.5) is 11.5 Å². The molecule has 2 atom stereocenters. The standard InChI is InChI=1S/C15H15ClN8O/c1-22-15(25)11(16)10(3-21-22)23-4-8-2-9(5-23)24(8)14-12-13(18-6-17-12)19-7-20-14/h3,6-9H,2,4-5H2,1H3,(H,17,18,19,20). The molecule has 2 unspecified atom stereocenters. The second-order valence-electron chi connectivity index (χ2n) is 6.43. The largest absolute Gasteiger partial charge is 0.365 e. The van der Waals surface area contributed by atoms with Gasteiger partial charge in [0.05, 0.1) is 30.3 Å². The molecular weight excluding hydrogens is 344 g/mol. The second-order valence-corrected chi connectivity index (χ2v) is 6.80. The Morgan fingerprint density at radius 3 is 2.84 bits per heavy atom. The summed E-state index contributed by atoms with van der Waals surface area (Å²) in [5, 5.41) is 4.32. The fourth-order valence-corrected chi connectivity index (χ4v) is 4.11. The van der Waals surface area contributed by atoms with E-state index >= 15 is 0 Å². The molecule has 0 amide bonds. The summed E-state index contributed by atoms with van der Waals surface area (Å²) in [6.07, 6.45) is 5.94. The number of nitrogens with zero attached hydrogens (tertiary/aromatic N) is 7. The molecule has 0 aliphatic carbocycles. The molecular formula is C15H15ClN8O. The van der Waals surface area contributed by atoms with Gasteiger partial charge >= 0.3 is 0 Å². The molecule has 10 heteroatoms. The molecule has 2 bridgehead atoms. The Bertz CT molecular complexity index is 1020. The number of imidazole rings is 1. The maximum atomic E-state index is 12.0. The Morgan fingerprint density at radius 1 is 1.24 bits per heavy atom. The van der Waals surface area contributed by atoms with Crippen LogP contribution in [0.1, 0.15) is 6.42 Å². The third-order valence-corrected chi connectivity index (χ3v) is 5.40. The van der Waals surface area contributed by atoms with E-state index in [-0.39, 0.29) is 10.6 Å². The Kier molecular flexibility index (Phi) is 3.02.